The molecule has 1 spiro atoms. The molecule has 0 radical (unpaired) electrons. The number of morpholine rings is 1. The van der Waals surface area contributed by atoms with E-state index in [4.69, 9.17) is 4.74 Å². The molecule has 2 nitrogen and oxygen atoms in total. The van der Waals surface area contributed by atoms with Gasteiger partial charge in [-0.2, -0.15) is 0 Å². The fraction of sp³-hybridized carbons (Fsp3) is 1.00. The molecule has 0 aromatic rings. The minimum Gasteiger partial charge on any atom is -0.372 e. The van der Waals surface area contributed by atoms with E-state index in [1.807, 2.05) is 0 Å². The van der Waals surface area contributed by atoms with Crippen LogP contribution in [0.5, 0.6) is 0 Å². The van der Waals surface area contributed by atoms with Crippen molar-refractivity contribution in [2.75, 3.05) is 13.2 Å². The number of rotatable bonds is 3. The van der Waals surface area contributed by atoms with Crippen molar-refractivity contribution in [1.82, 2.24) is 5.32 Å². The van der Waals surface area contributed by atoms with Crippen molar-refractivity contribution in [3.05, 3.63) is 0 Å². The fourth-order valence-corrected chi connectivity index (χ4v) is 4.65. The van der Waals surface area contributed by atoms with Crippen LogP contribution in [0.25, 0.3) is 0 Å². The molecule has 2 rings (SSSR count). The monoisotopic (exact) mass is 253 g/mol. The molecule has 2 heteroatoms. The van der Waals surface area contributed by atoms with E-state index in [9.17, 15) is 0 Å². The molecule has 0 aromatic carbocycles. The summed E-state index contributed by atoms with van der Waals surface area (Å²) in [5.41, 5.74) is 0.529. The Bertz CT molecular complexity index is 285. The van der Waals surface area contributed by atoms with Gasteiger partial charge in [0.15, 0.2) is 0 Å². The number of hydrogen-bond acceptors (Lipinski definition) is 2. The molecule has 18 heavy (non-hydrogen) atoms. The van der Waals surface area contributed by atoms with Crippen LogP contribution in [0.2, 0.25) is 0 Å². The second-order valence-electron chi connectivity index (χ2n) is 7.26. The van der Waals surface area contributed by atoms with Gasteiger partial charge in [-0.25, -0.2) is 0 Å². The minimum absolute atomic E-state index is 0.0957. The third kappa shape index (κ3) is 2.34. The maximum absolute atomic E-state index is 6.41. The van der Waals surface area contributed by atoms with E-state index in [0.717, 1.165) is 19.1 Å². The summed E-state index contributed by atoms with van der Waals surface area (Å²) in [6.07, 6.45) is 5.03. The molecule has 1 saturated carbocycles. The smallest absolute Gasteiger partial charge is 0.0868 e. The molecule has 0 aromatic heterocycles. The number of nitrogens with one attached hydrogen (secondary N) is 1. The molecular formula is C16H31NO. The van der Waals surface area contributed by atoms with Gasteiger partial charge in [0.25, 0.3) is 0 Å². The van der Waals surface area contributed by atoms with E-state index in [0.29, 0.717) is 17.4 Å². The zero-order valence-corrected chi connectivity index (χ0v) is 12.9. The molecule has 2 fully saturated rings. The van der Waals surface area contributed by atoms with Crippen molar-refractivity contribution in [3.63, 3.8) is 0 Å². The van der Waals surface area contributed by atoms with E-state index in [1.54, 1.807) is 0 Å². The molecule has 1 aliphatic carbocycles. The van der Waals surface area contributed by atoms with Crippen LogP contribution in [0.15, 0.2) is 0 Å². The van der Waals surface area contributed by atoms with E-state index < -0.39 is 0 Å². The van der Waals surface area contributed by atoms with Crippen molar-refractivity contribution in [2.24, 2.45) is 17.3 Å². The van der Waals surface area contributed by atoms with E-state index in [-0.39, 0.29) is 5.60 Å². The summed E-state index contributed by atoms with van der Waals surface area (Å²) in [5, 5.41) is 3.80. The van der Waals surface area contributed by atoms with Crippen molar-refractivity contribution in [3.8, 4) is 0 Å². The maximum Gasteiger partial charge on any atom is 0.0868 e. The first-order valence-corrected chi connectivity index (χ1v) is 7.82. The number of hydrogen-bond donors (Lipinski definition) is 1. The summed E-state index contributed by atoms with van der Waals surface area (Å²) in [7, 11) is 0. The molecular weight excluding hydrogens is 222 g/mol. The van der Waals surface area contributed by atoms with Crippen LogP contribution in [0.3, 0.4) is 0 Å². The van der Waals surface area contributed by atoms with Gasteiger partial charge in [-0.05, 0) is 30.1 Å². The summed E-state index contributed by atoms with van der Waals surface area (Å²) >= 11 is 0. The molecule has 0 bridgehead atoms. The lowest BCUT2D eigenvalue weighted by Gasteiger charge is -2.48. The highest BCUT2D eigenvalue weighted by Crippen LogP contribution is 2.53. The molecule has 3 atom stereocenters. The molecule has 2 aliphatic rings. The topological polar surface area (TPSA) is 21.3 Å². The summed E-state index contributed by atoms with van der Waals surface area (Å²) in [6.45, 7) is 13.8. The summed E-state index contributed by atoms with van der Waals surface area (Å²) in [6, 6.07) is 0.554. The van der Waals surface area contributed by atoms with Crippen molar-refractivity contribution >= 4 is 0 Å². The Balaban J connectivity index is 2.27. The normalized spacial score (nSPS) is 39.7. The van der Waals surface area contributed by atoms with Crippen LogP contribution in [0.1, 0.15) is 60.3 Å². The highest BCUT2D eigenvalue weighted by Gasteiger charge is 2.56. The Morgan fingerprint density at radius 1 is 1.28 bits per heavy atom. The molecule has 1 saturated heterocycles. The quantitative estimate of drug-likeness (QED) is 0.829. The lowest BCUT2D eigenvalue weighted by Crippen LogP contribution is -2.62. The van der Waals surface area contributed by atoms with Gasteiger partial charge in [0.1, 0.15) is 0 Å². The Labute approximate surface area is 113 Å². The van der Waals surface area contributed by atoms with E-state index in [2.05, 4.69) is 39.9 Å². The zero-order valence-electron chi connectivity index (χ0n) is 12.9. The van der Waals surface area contributed by atoms with Gasteiger partial charge in [0.05, 0.1) is 12.2 Å². The second kappa shape index (κ2) is 5.13. The van der Waals surface area contributed by atoms with Crippen LogP contribution < -0.4 is 5.32 Å². The van der Waals surface area contributed by atoms with Gasteiger partial charge in [0.2, 0.25) is 0 Å². The van der Waals surface area contributed by atoms with Gasteiger partial charge >= 0.3 is 0 Å². The third-order valence-electron chi connectivity index (χ3n) is 5.33. The van der Waals surface area contributed by atoms with Crippen molar-refractivity contribution in [2.45, 2.75) is 71.9 Å². The Morgan fingerprint density at radius 3 is 2.44 bits per heavy atom. The van der Waals surface area contributed by atoms with E-state index >= 15 is 0 Å². The van der Waals surface area contributed by atoms with Crippen LogP contribution in [0, 0.1) is 17.3 Å². The first-order valence-electron chi connectivity index (χ1n) is 7.82. The molecule has 3 unspecified atom stereocenters. The van der Waals surface area contributed by atoms with E-state index in [1.165, 1.54) is 25.7 Å². The van der Waals surface area contributed by atoms with Crippen molar-refractivity contribution < 1.29 is 4.74 Å². The van der Waals surface area contributed by atoms with Gasteiger partial charge in [-0.15, -0.1) is 0 Å². The van der Waals surface area contributed by atoms with Crippen LogP contribution in [-0.2, 0) is 4.74 Å². The largest absolute Gasteiger partial charge is 0.372 e. The SMILES string of the molecule is CCC(CC)C1NCCOC12CC(C)(C)CC2C. The van der Waals surface area contributed by atoms with Crippen LogP contribution in [0.4, 0.5) is 0 Å². The zero-order chi connectivity index (χ0) is 13.4. The first-order chi connectivity index (χ1) is 8.45. The first kappa shape index (κ1) is 14.3. The summed E-state index contributed by atoms with van der Waals surface area (Å²) in [4.78, 5) is 0. The van der Waals surface area contributed by atoms with Gasteiger partial charge in [-0.1, -0.05) is 47.5 Å². The second-order valence-corrected chi connectivity index (χ2v) is 7.26. The highest BCUT2D eigenvalue weighted by molar-refractivity contribution is 5.09. The fourth-order valence-electron chi connectivity index (χ4n) is 4.65. The Morgan fingerprint density at radius 2 is 1.94 bits per heavy atom. The van der Waals surface area contributed by atoms with Gasteiger partial charge < -0.3 is 10.1 Å². The predicted octanol–water partition coefficient (Wildman–Crippen LogP) is 3.61. The third-order valence-corrected chi connectivity index (χ3v) is 5.33. The molecule has 1 aliphatic heterocycles. The molecule has 1 N–H and O–H groups in total. The molecule has 1 heterocycles. The Hall–Kier alpha value is -0.0800. The summed E-state index contributed by atoms with van der Waals surface area (Å²) in [5.74, 6) is 1.42. The minimum atomic E-state index is 0.0957. The molecule has 0 amide bonds. The number of ether oxygens (including phenoxy) is 1. The maximum atomic E-state index is 6.41. The highest BCUT2D eigenvalue weighted by atomic mass is 16.5. The van der Waals surface area contributed by atoms with Crippen LogP contribution in [-0.4, -0.2) is 24.8 Å². The van der Waals surface area contributed by atoms with Gasteiger partial charge in [-0.3, -0.25) is 0 Å². The van der Waals surface area contributed by atoms with Gasteiger partial charge in [0, 0.05) is 12.6 Å². The standard InChI is InChI=1S/C16H31NO/c1-6-13(7-2)14-16(18-9-8-17-14)11-15(4,5)10-12(16)3/h12-14,17H,6-11H2,1-5H3. The average molecular weight is 253 g/mol. The summed E-state index contributed by atoms with van der Waals surface area (Å²) < 4.78 is 6.41. The predicted molar refractivity (Wildman–Crippen MR) is 76.7 cm³/mol. The van der Waals surface area contributed by atoms with Crippen molar-refractivity contribution in [1.29, 1.82) is 0 Å². The molecule has 106 valence electrons. The average Bonchev–Trinajstić information content (AvgIpc) is 2.53. The Kier molecular flexibility index (Phi) is 4.08. The lowest BCUT2D eigenvalue weighted by atomic mass is 9.74. The van der Waals surface area contributed by atoms with Crippen LogP contribution >= 0.6 is 0 Å². The lowest BCUT2D eigenvalue weighted by molar-refractivity contribution is -0.133.